The minimum Gasteiger partial charge on any atom is -0.417 e. The predicted octanol–water partition coefficient (Wildman–Crippen LogP) is 5.38. The summed E-state index contributed by atoms with van der Waals surface area (Å²) in [6.45, 7) is 12.5. The van der Waals surface area contributed by atoms with Crippen LogP contribution < -0.4 is 0 Å². The summed E-state index contributed by atoms with van der Waals surface area (Å²) < 4.78 is 6.18. The van der Waals surface area contributed by atoms with Gasteiger partial charge in [0, 0.05) is 18.3 Å². The molecule has 0 amide bonds. The molecule has 4 heteroatoms. The molecule has 1 unspecified atom stereocenters. The Morgan fingerprint density at radius 3 is 2.25 bits per heavy atom. The van der Waals surface area contributed by atoms with Crippen molar-refractivity contribution in [1.82, 2.24) is 0 Å². The van der Waals surface area contributed by atoms with E-state index in [9.17, 15) is 4.79 Å². The second-order valence-electron chi connectivity index (χ2n) is 7.48. The first-order valence-electron chi connectivity index (χ1n) is 8.06. The molecule has 1 rings (SSSR count). The maximum atomic E-state index is 10.8. The van der Waals surface area contributed by atoms with Crippen LogP contribution in [0.4, 0.5) is 0 Å². The highest BCUT2D eigenvalue weighted by atomic mass is 32.2. The van der Waals surface area contributed by atoms with Crippen LogP contribution >= 0.6 is 11.8 Å². The van der Waals surface area contributed by atoms with E-state index in [1.54, 1.807) is 11.8 Å². The van der Waals surface area contributed by atoms with Crippen LogP contribution in [0.15, 0.2) is 0 Å². The molecule has 1 aliphatic heterocycles. The van der Waals surface area contributed by atoms with Gasteiger partial charge in [-0.1, -0.05) is 58.2 Å². The molecule has 1 saturated heterocycles. The van der Waals surface area contributed by atoms with Crippen molar-refractivity contribution in [2.24, 2.45) is 0 Å². The summed E-state index contributed by atoms with van der Waals surface area (Å²) in [6, 6.07) is 0. The lowest BCUT2D eigenvalue weighted by molar-refractivity contribution is -0.112. The summed E-state index contributed by atoms with van der Waals surface area (Å²) in [4.78, 5) is 10.8. The number of carbonyl (C=O) groups excluding carboxylic acids is 1. The summed E-state index contributed by atoms with van der Waals surface area (Å²) in [6.07, 6.45) is 8.45. The van der Waals surface area contributed by atoms with Crippen molar-refractivity contribution in [3.63, 3.8) is 0 Å². The van der Waals surface area contributed by atoms with Gasteiger partial charge in [0.05, 0.1) is 0 Å². The van der Waals surface area contributed by atoms with Crippen molar-refractivity contribution >= 4 is 25.2 Å². The molecule has 0 aromatic carbocycles. The van der Waals surface area contributed by atoms with Crippen molar-refractivity contribution in [3.8, 4) is 0 Å². The van der Waals surface area contributed by atoms with Crippen LogP contribution in [0.1, 0.15) is 65.7 Å². The van der Waals surface area contributed by atoms with E-state index in [1.165, 1.54) is 38.5 Å². The van der Waals surface area contributed by atoms with Crippen LogP contribution in [-0.2, 0) is 9.22 Å². The van der Waals surface area contributed by atoms with Gasteiger partial charge >= 0.3 is 0 Å². The predicted molar refractivity (Wildman–Crippen MR) is 91.9 cm³/mol. The van der Waals surface area contributed by atoms with E-state index in [2.05, 4.69) is 33.9 Å². The van der Waals surface area contributed by atoms with E-state index in [0.717, 1.165) is 13.0 Å². The van der Waals surface area contributed by atoms with E-state index in [0.29, 0.717) is 15.4 Å². The fraction of sp³-hybridized carbons (Fsp3) is 0.938. The average Bonchev–Trinajstić information content (AvgIpc) is 2.28. The van der Waals surface area contributed by atoms with Gasteiger partial charge in [-0.05, 0) is 31.0 Å². The van der Waals surface area contributed by atoms with Crippen LogP contribution in [0, 0.1) is 0 Å². The number of hydrogen-bond donors (Lipinski definition) is 0. The Bertz CT molecular complexity index is 302. The number of thioether (sulfide) groups is 1. The van der Waals surface area contributed by atoms with Crippen molar-refractivity contribution in [2.45, 2.75) is 89.1 Å². The number of carbonyl (C=O) groups is 1. The highest BCUT2D eigenvalue weighted by Crippen LogP contribution is 2.36. The smallest absolute Gasteiger partial charge is 0.191 e. The SMILES string of the molecule is CC(C)(C)[Si](C)(C)OCCCCCCCC1CC(=O)S1. The largest absolute Gasteiger partial charge is 0.417 e. The quantitative estimate of drug-likeness (QED) is 0.422. The van der Waals surface area contributed by atoms with Gasteiger partial charge in [0.1, 0.15) is 0 Å². The van der Waals surface area contributed by atoms with Gasteiger partial charge in [-0.15, -0.1) is 0 Å². The van der Waals surface area contributed by atoms with Crippen LogP contribution in [-0.4, -0.2) is 25.3 Å². The first kappa shape index (κ1) is 18.2. The van der Waals surface area contributed by atoms with E-state index in [1.807, 2.05) is 0 Å². The summed E-state index contributed by atoms with van der Waals surface area (Å²) in [7, 11) is -1.53. The zero-order valence-corrected chi connectivity index (χ0v) is 15.8. The van der Waals surface area contributed by atoms with Gasteiger partial charge in [-0.3, -0.25) is 4.79 Å². The molecule has 2 nitrogen and oxygen atoms in total. The molecule has 0 spiro atoms. The molecule has 0 saturated carbocycles. The number of hydrogen-bond acceptors (Lipinski definition) is 3. The monoisotopic (exact) mass is 316 g/mol. The van der Waals surface area contributed by atoms with Crippen molar-refractivity contribution < 1.29 is 9.22 Å². The van der Waals surface area contributed by atoms with E-state index in [4.69, 9.17) is 4.43 Å². The maximum absolute atomic E-state index is 10.8. The van der Waals surface area contributed by atoms with Gasteiger partial charge in [0.2, 0.25) is 0 Å². The zero-order chi connectivity index (χ0) is 15.2. The van der Waals surface area contributed by atoms with E-state index >= 15 is 0 Å². The van der Waals surface area contributed by atoms with Gasteiger partial charge in [0.25, 0.3) is 0 Å². The Hall–Kier alpha value is 0.197. The summed E-state index contributed by atoms with van der Waals surface area (Å²) in [5, 5.41) is 1.35. The minimum atomic E-state index is -1.53. The summed E-state index contributed by atoms with van der Waals surface area (Å²) in [5.74, 6) is 0. The van der Waals surface area contributed by atoms with Crippen LogP contribution in [0.25, 0.3) is 0 Å². The van der Waals surface area contributed by atoms with Crippen molar-refractivity contribution in [2.75, 3.05) is 6.61 Å². The molecule has 1 aliphatic rings. The molecule has 1 fully saturated rings. The molecule has 0 aliphatic carbocycles. The Morgan fingerprint density at radius 2 is 1.70 bits per heavy atom. The molecular weight excluding hydrogens is 284 g/mol. The molecule has 0 bridgehead atoms. The van der Waals surface area contributed by atoms with E-state index in [-0.39, 0.29) is 0 Å². The lowest BCUT2D eigenvalue weighted by Gasteiger charge is -2.36. The molecular formula is C16H32O2SSi. The molecule has 0 N–H and O–H groups in total. The van der Waals surface area contributed by atoms with Gasteiger partial charge in [-0.25, -0.2) is 0 Å². The topological polar surface area (TPSA) is 26.3 Å². The van der Waals surface area contributed by atoms with Gasteiger partial charge < -0.3 is 4.43 Å². The first-order chi connectivity index (χ1) is 9.22. The molecule has 118 valence electrons. The summed E-state index contributed by atoms with van der Waals surface area (Å²) in [5.41, 5.74) is 0. The van der Waals surface area contributed by atoms with Gasteiger partial charge in [0.15, 0.2) is 13.4 Å². The van der Waals surface area contributed by atoms with Gasteiger partial charge in [-0.2, -0.15) is 0 Å². The van der Waals surface area contributed by atoms with Crippen molar-refractivity contribution in [3.05, 3.63) is 0 Å². The normalized spacial score (nSPS) is 20.1. The van der Waals surface area contributed by atoms with E-state index < -0.39 is 8.32 Å². The standard InChI is InChI=1S/C16H32O2SSi/c1-16(2,3)20(4,5)18-12-10-8-6-7-9-11-14-13-15(17)19-14/h14H,6-13H2,1-5H3. The third-order valence-corrected chi connectivity index (χ3v) is 10.3. The van der Waals surface area contributed by atoms with Crippen LogP contribution in [0.5, 0.6) is 0 Å². The zero-order valence-electron chi connectivity index (χ0n) is 14.0. The highest BCUT2D eigenvalue weighted by molar-refractivity contribution is 8.16. The minimum absolute atomic E-state index is 0.324. The molecule has 0 radical (unpaired) electrons. The Labute approximate surface area is 130 Å². The lowest BCUT2D eigenvalue weighted by atomic mass is 10.1. The number of unbranched alkanes of at least 4 members (excludes halogenated alkanes) is 4. The fourth-order valence-electron chi connectivity index (χ4n) is 2.07. The van der Waals surface area contributed by atoms with Crippen LogP contribution in [0.2, 0.25) is 18.1 Å². The molecule has 0 aromatic heterocycles. The maximum Gasteiger partial charge on any atom is 0.191 e. The highest BCUT2D eigenvalue weighted by Gasteiger charge is 2.36. The molecule has 1 heterocycles. The summed E-state index contributed by atoms with van der Waals surface area (Å²) >= 11 is 1.55. The molecule has 1 atom stereocenters. The Kier molecular flexibility index (Phi) is 7.29. The Morgan fingerprint density at radius 1 is 1.15 bits per heavy atom. The average molecular weight is 317 g/mol. The third kappa shape index (κ3) is 6.31. The molecule has 0 aromatic rings. The first-order valence-corrected chi connectivity index (χ1v) is 11.8. The van der Waals surface area contributed by atoms with Crippen LogP contribution in [0.3, 0.4) is 0 Å². The lowest BCUT2D eigenvalue weighted by Crippen LogP contribution is -2.40. The number of rotatable bonds is 9. The Balaban J connectivity index is 1.91. The fourth-order valence-corrected chi connectivity index (χ4v) is 4.05. The molecule has 20 heavy (non-hydrogen) atoms. The second-order valence-corrected chi connectivity index (χ2v) is 13.6. The van der Waals surface area contributed by atoms with Crippen molar-refractivity contribution in [1.29, 1.82) is 0 Å². The second kappa shape index (κ2) is 8.00. The third-order valence-electron chi connectivity index (χ3n) is 4.63.